The smallest absolute Gasteiger partial charge is 0.108 e. The lowest BCUT2D eigenvalue weighted by Crippen LogP contribution is -2.57. The van der Waals surface area contributed by atoms with Gasteiger partial charge in [0, 0.05) is 17.0 Å². The van der Waals surface area contributed by atoms with Crippen molar-refractivity contribution in [3.05, 3.63) is 25.3 Å². The summed E-state index contributed by atoms with van der Waals surface area (Å²) < 4.78 is 0. The Labute approximate surface area is 112 Å². The molecule has 4 nitrogen and oxygen atoms in total. The Morgan fingerprint density at radius 2 is 1.89 bits per heavy atom. The van der Waals surface area contributed by atoms with Crippen LogP contribution in [0, 0.1) is 0 Å². The van der Waals surface area contributed by atoms with Gasteiger partial charge in [0.1, 0.15) is 6.10 Å². The minimum atomic E-state index is -1.09. The van der Waals surface area contributed by atoms with Crippen LogP contribution in [0.25, 0.3) is 0 Å². The molecule has 0 saturated carbocycles. The van der Waals surface area contributed by atoms with E-state index >= 15 is 0 Å². The second-order valence-electron chi connectivity index (χ2n) is 4.80. The summed E-state index contributed by atoms with van der Waals surface area (Å²) in [6, 6.07) is -0.212. The van der Waals surface area contributed by atoms with E-state index in [-0.39, 0.29) is 11.3 Å². The van der Waals surface area contributed by atoms with Gasteiger partial charge in [0.15, 0.2) is 0 Å². The van der Waals surface area contributed by atoms with Crippen LogP contribution in [-0.2, 0) is 0 Å². The maximum absolute atomic E-state index is 10.1. The first-order valence-corrected chi connectivity index (χ1v) is 8.06. The molecular formula is C13H25NO3S. The molecule has 0 bridgehead atoms. The van der Waals surface area contributed by atoms with Crippen molar-refractivity contribution in [1.82, 2.24) is 0 Å². The Morgan fingerprint density at radius 3 is 2.44 bits per heavy atom. The van der Waals surface area contributed by atoms with Crippen molar-refractivity contribution in [2.24, 2.45) is 5.73 Å². The van der Waals surface area contributed by atoms with E-state index in [0.29, 0.717) is 12.2 Å². The van der Waals surface area contributed by atoms with Crippen molar-refractivity contribution in [2.45, 2.75) is 42.4 Å². The van der Waals surface area contributed by atoms with Crippen LogP contribution in [-0.4, -0.2) is 56.4 Å². The second kappa shape index (κ2) is 7.31. The SMILES string of the molecule is C=CCC[SH]1C[C@H](O)[C@H](O)[C@@H](O)[C@H]1[C@H](N)CC=C. The fraction of sp³-hybridized carbons (Fsp3) is 0.692. The molecule has 0 aromatic rings. The van der Waals surface area contributed by atoms with Gasteiger partial charge in [-0.1, -0.05) is 12.2 Å². The molecule has 5 N–H and O–H groups in total. The van der Waals surface area contributed by atoms with Gasteiger partial charge in [-0.3, -0.25) is 0 Å². The monoisotopic (exact) mass is 275 g/mol. The Morgan fingerprint density at radius 1 is 1.22 bits per heavy atom. The molecular weight excluding hydrogens is 250 g/mol. The molecule has 1 fully saturated rings. The Kier molecular flexibility index (Phi) is 6.38. The maximum Gasteiger partial charge on any atom is 0.108 e. The lowest BCUT2D eigenvalue weighted by molar-refractivity contribution is -0.0579. The van der Waals surface area contributed by atoms with Crippen LogP contribution in [0.2, 0.25) is 0 Å². The average Bonchev–Trinajstić information content (AvgIpc) is 2.33. The summed E-state index contributed by atoms with van der Waals surface area (Å²) in [6.45, 7) is 7.35. The minimum Gasteiger partial charge on any atom is -0.390 e. The molecule has 1 rings (SSSR count). The van der Waals surface area contributed by atoms with Crippen LogP contribution in [0.3, 0.4) is 0 Å². The summed E-state index contributed by atoms with van der Waals surface area (Å²) >= 11 is 0. The van der Waals surface area contributed by atoms with E-state index in [0.717, 1.165) is 12.2 Å². The van der Waals surface area contributed by atoms with Gasteiger partial charge in [0.2, 0.25) is 0 Å². The van der Waals surface area contributed by atoms with Gasteiger partial charge in [-0.15, -0.1) is 13.2 Å². The van der Waals surface area contributed by atoms with Crippen LogP contribution in [0.15, 0.2) is 25.3 Å². The molecule has 1 unspecified atom stereocenters. The fourth-order valence-corrected chi connectivity index (χ4v) is 5.68. The highest BCUT2D eigenvalue weighted by molar-refractivity contribution is 8.17. The molecule has 0 aromatic carbocycles. The van der Waals surface area contributed by atoms with Crippen LogP contribution in [0.1, 0.15) is 12.8 Å². The molecule has 6 atom stereocenters. The van der Waals surface area contributed by atoms with Crippen molar-refractivity contribution in [3.8, 4) is 0 Å². The largest absolute Gasteiger partial charge is 0.390 e. The zero-order valence-corrected chi connectivity index (χ0v) is 11.5. The summed E-state index contributed by atoms with van der Waals surface area (Å²) in [5.74, 6) is 1.42. The highest BCUT2D eigenvalue weighted by atomic mass is 32.2. The van der Waals surface area contributed by atoms with Crippen LogP contribution >= 0.6 is 10.9 Å². The van der Waals surface area contributed by atoms with E-state index in [1.807, 2.05) is 6.08 Å². The number of nitrogens with two attached hydrogens (primary N) is 1. The number of rotatable bonds is 6. The van der Waals surface area contributed by atoms with Crippen molar-refractivity contribution in [2.75, 3.05) is 11.5 Å². The van der Waals surface area contributed by atoms with E-state index < -0.39 is 29.2 Å². The lowest BCUT2D eigenvalue weighted by Gasteiger charge is -2.46. The summed E-state index contributed by atoms with van der Waals surface area (Å²) in [6.07, 6.45) is 2.14. The number of thiol groups is 1. The minimum absolute atomic E-state index is 0.142. The third-order valence-electron chi connectivity index (χ3n) is 3.44. The first-order chi connectivity index (χ1) is 8.52. The molecule has 0 radical (unpaired) electrons. The van der Waals surface area contributed by atoms with Crippen molar-refractivity contribution in [3.63, 3.8) is 0 Å². The quantitative estimate of drug-likeness (QED) is 0.347. The van der Waals surface area contributed by atoms with Gasteiger partial charge in [-0.2, -0.15) is 0 Å². The average molecular weight is 275 g/mol. The van der Waals surface area contributed by atoms with Crippen LogP contribution in [0.5, 0.6) is 0 Å². The fourth-order valence-electron chi connectivity index (χ4n) is 2.47. The third kappa shape index (κ3) is 3.59. The van der Waals surface area contributed by atoms with Crippen molar-refractivity contribution < 1.29 is 15.3 Å². The zero-order valence-electron chi connectivity index (χ0n) is 10.7. The number of aliphatic hydroxyl groups excluding tert-OH is 3. The molecule has 0 aromatic heterocycles. The maximum atomic E-state index is 10.1. The standard InChI is InChI=1S/C13H25NO3S/c1-3-5-7-18-8-10(15)11(16)12(17)13(18)9(14)6-4-2/h3-4,9-13,15-18H,1-2,5-8,14H2/t9-,10+,11+,12-,13-/m1/s1. The molecule has 18 heavy (non-hydrogen) atoms. The Hall–Kier alpha value is -0.330. The third-order valence-corrected chi connectivity index (χ3v) is 6.64. The zero-order chi connectivity index (χ0) is 13.7. The number of allylic oxidation sites excluding steroid dienone is 1. The summed E-state index contributed by atoms with van der Waals surface area (Å²) in [5.41, 5.74) is 6.09. The Bertz CT molecular complexity index is 287. The van der Waals surface area contributed by atoms with Gasteiger partial charge >= 0.3 is 0 Å². The number of hydrogen-bond donors (Lipinski definition) is 5. The highest BCUT2D eigenvalue weighted by Gasteiger charge is 2.42. The molecule has 1 aliphatic rings. The summed E-state index contributed by atoms with van der Waals surface area (Å²) in [4.78, 5) is 0. The first kappa shape index (κ1) is 15.7. The van der Waals surface area contributed by atoms with E-state index in [9.17, 15) is 15.3 Å². The molecule has 1 aliphatic heterocycles. The van der Waals surface area contributed by atoms with Crippen molar-refractivity contribution in [1.29, 1.82) is 0 Å². The van der Waals surface area contributed by atoms with Crippen LogP contribution in [0.4, 0.5) is 0 Å². The van der Waals surface area contributed by atoms with Crippen LogP contribution < -0.4 is 5.73 Å². The normalized spacial score (nSPS) is 40.1. The summed E-state index contributed by atoms with van der Waals surface area (Å²) in [5, 5.41) is 29.6. The Balaban J connectivity index is 2.81. The number of hydrogen-bond acceptors (Lipinski definition) is 4. The van der Waals surface area contributed by atoms with E-state index in [2.05, 4.69) is 13.2 Å². The van der Waals surface area contributed by atoms with Gasteiger partial charge in [0.05, 0.1) is 12.2 Å². The molecule has 5 heteroatoms. The molecule has 1 saturated heterocycles. The molecule has 0 amide bonds. The first-order valence-electron chi connectivity index (χ1n) is 6.28. The second-order valence-corrected chi connectivity index (χ2v) is 7.39. The molecule has 0 spiro atoms. The number of aliphatic hydroxyl groups is 3. The van der Waals surface area contributed by atoms with Gasteiger partial charge < -0.3 is 21.1 Å². The predicted octanol–water partition coefficient (Wildman–Crippen LogP) is -0.0680. The van der Waals surface area contributed by atoms with Crippen molar-refractivity contribution >= 4 is 10.9 Å². The molecule has 106 valence electrons. The molecule has 0 aliphatic carbocycles. The topological polar surface area (TPSA) is 86.7 Å². The van der Waals surface area contributed by atoms with Gasteiger partial charge in [-0.05, 0) is 18.6 Å². The predicted molar refractivity (Wildman–Crippen MR) is 78.1 cm³/mol. The highest BCUT2D eigenvalue weighted by Crippen LogP contribution is 2.42. The van der Waals surface area contributed by atoms with E-state index in [1.54, 1.807) is 6.08 Å². The van der Waals surface area contributed by atoms with Gasteiger partial charge in [-0.25, -0.2) is 10.9 Å². The van der Waals surface area contributed by atoms with E-state index in [4.69, 9.17) is 5.73 Å². The molecule has 1 heterocycles. The van der Waals surface area contributed by atoms with Gasteiger partial charge in [0.25, 0.3) is 0 Å². The van der Waals surface area contributed by atoms with E-state index in [1.165, 1.54) is 0 Å². The summed E-state index contributed by atoms with van der Waals surface area (Å²) in [7, 11) is -0.601. The lowest BCUT2D eigenvalue weighted by atomic mass is 9.99.